The minimum Gasteiger partial charge on any atom is -0.496 e. The Labute approximate surface area is 115 Å². The SMILES string of the molecule is COc1ccccc1CCS(=O)(=O)C1CCNCC1. The van der Waals surface area contributed by atoms with Gasteiger partial charge in [-0.3, -0.25) is 0 Å². The Morgan fingerprint density at radius 2 is 1.95 bits per heavy atom. The molecule has 0 aliphatic carbocycles. The van der Waals surface area contributed by atoms with E-state index in [1.54, 1.807) is 7.11 Å². The van der Waals surface area contributed by atoms with Gasteiger partial charge in [0.05, 0.1) is 18.1 Å². The highest BCUT2D eigenvalue weighted by Crippen LogP contribution is 2.20. The highest BCUT2D eigenvalue weighted by molar-refractivity contribution is 7.92. The van der Waals surface area contributed by atoms with Crippen LogP contribution in [0.2, 0.25) is 0 Å². The van der Waals surface area contributed by atoms with Crippen molar-refractivity contribution >= 4 is 9.84 Å². The van der Waals surface area contributed by atoms with E-state index in [-0.39, 0.29) is 11.0 Å². The molecule has 0 radical (unpaired) electrons. The number of aryl methyl sites for hydroxylation is 1. The van der Waals surface area contributed by atoms with Crippen LogP contribution in [0.4, 0.5) is 0 Å². The van der Waals surface area contributed by atoms with Crippen molar-refractivity contribution in [2.45, 2.75) is 24.5 Å². The second-order valence-electron chi connectivity index (χ2n) is 4.88. The van der Waals surface area contributed by atoms with E-state index >= 15 is 0 Å². The molecule has 1 aromatic rings. The van der Waals surface area contributed by atoms with Gasteiger partial charge in [0.1, 0.15) is 5.75 Å². The van der Waals surface area contributed by atoms with Gasteiger partial charge < -0.3 is 10.1 Å². The fraction of sp³-hybridized carbons (Fsp3) is 0.571. The highest BCUT2D eigenvalue weighted by atomic mass is 32.2. The lowest BCUT2D eigenvalue weighted by Crippen LogP contribution is -2.37. The smallest absolute Gasteiger partial charge is 0.153 e. The third-order valence-corrected chi connectivity index (χ3v) is 5.90. The van der Waals surface area contributed by atoms with E-state index in [1.165, 1.54) is 0 Å². The molecule has 0 atom stereocenters. The molecule has 1 aromatic carbocycles. The fourth-order valence-electron chi connectivity index (χ4n) is 2.48. The summed E-state index contributed by atoms with van der Waals surface area (Å²) in [5, 5.41) is 3.02. The van der Waals surface area contributed by atoms with Gasteiger partial charge in [0.15, 0.2) is 9.84 Å². The maximum atomic E-state index is 12.3. The van der Waals surface area contributed by atoms with Gasteiger partial charge in [0.2, 0.25) is 0 Å². The van der Waals surface area contributed by atoms with E-state index in [4.69, 9.17) is 4.74 Å². The second-order valence-corrected chi connectivity index (χ2v) is 7.28. The molecule has 5 heteroatoms. The summed E-state index contributed by atoms with van der Waals surface area (Å²) in [6, 6.07) is 7.60. The summed E-state index contributed by atoms with van der Waals surface area (Å²) in [5.74, 6) is 0.973. The molecule has 1 N–H and O–H groups in total. The standard InChI is InChI=1S/C14H21NO3S/c1-18-14-5-3-2-4-12(14)8-11-19(16,17)13-6-9-15-10-7-13/h2-5,13,15H,6-11H2,1H3. The third-order valence-electron chi connectivity index (χ3n) is 3.64. The zero-order valence-corrected chi connectivity index (χ0v) is 12.1. The predicted molar refractivity (Wildman–Crippen MR) is 76.4 cm³/mol. The summed E-state index contributed by atoms with van der Waals surface area (Å²) in [7, 11) is -1.39. The lowest BCUT2D eigenvalue weighted by molar-refractivity contribution is 0.410. The van der Waals surface area contributed by atoms with Crippen molar-refractivity contribution < 1.29 is 13.2 Å². The van der Waals surface area contributed by atoms with Crippen molar-refractivity contribution in [2.75, 3.05) is 26.0 Å². The van der Waals surface area contributed by atoms with Crippen molar-refractivity contribution in [1.82, 2.24) is 5.32 Å². The van der Waals surface area contributed by atoms with Crippen molar-refractivity contribution in [3.8, 4) is 5.75 Å². The molecular formula is C14H21NO3S. The first-order valence-electron chi connectivity index (χ1n) is 6.67. The van der Waals surface area contributed by atoms with E-state index in [2.05, 4.69) is 5.32 Å². The monoisotopic (exact) mass is 283 g/mol. The van der Waals surface area contributed by atoms with Crippen molar-refractivity contribution in [1.29, 1.82) is 0 Å². The van der Waals surface area contributed by atoms with E-state index in [0.717, 1.165) is 37.2 Å². The van der Waals surface area contributed by atoms with Gasteiger partial charge in [0, 0.05) is 0 Å². The first kappa shape index (κ1) is 14.3. The Kier molecular flexibility index (Phi) is 4.82. The Bertz CT molecular complexity index is 507. The highest BCUT2D eigenvalue weighted by Gasteiger charge is 2.26. The maximum absolute atomic E-state index is 12.3. The van der Waals surface area contributed by atoms with Crippen molar-refractivity contribution in [3.05, 3.63) is 29.8 Å². The maximum Gasteiger partial charge on any atom is 0.153 e. The molecule has 2 rings (SSSR count). The summed E-state index contributed by atoms with van der Waals surface area (Å²) < 4.78 is 29.8. The fourth-order valence-corrected chi connectivity index (χ4v) is 4.27. The summed E-state index contributed by atoms with van der Waals surface area (Å²) in [5.41, 5.74) is 0.961. The molecular weight excluding hydrogens is 262 g/mol. The molecule has 1 aliphatic rings. The number of hydrogen-bond acceptors (Lipinski definition) is 4. The van der Waals surface area contributed by atoms with Crippen LogP contribution in [0.25, 0.3) is 0 Å². The van der Waals surface area contributed by atoms with Crippen LogP contribution in [0.15, 0.2) is 24.3 Å². The van der Waals surface area contributed by atoms with Crippen molar-refractivity contribution in [3.63, 3.8) is 0 Å². The van der Waals surface area contributed by atoms with E-state index < -0.39 is 9.84 Å². The minimum atomic E-state index is -3.00. The number of rotatable bonds is 5. The number of methoxy groups -OCH3 is 1. The molecule has 0 bridgehead atoms. The minimum absolute atomic E-state index is 0.177. The van der Waals surface area contributed by atoms with Gasteiger partial charge in [0.25, 0.3) is 0 Å². The van der Waals surface area contributed by atoms with Crippen LogP contribution in [-0.4, -0.2) is 39.6 Å². The number of sulfone groups is 1. The molecule has 0 saturated carbocycles. The predicted octanol–water partition coefficient (Wildman–Crippen LogP) is 1.40. The molecule has 1 fully saturated rings. The summed E-state index contributed by atoms with van der Waals surface area (Å²) in [6.45, 7) is 1.61. The molecule has 19 heavy (non-hydrogen) atoms. The quantitative estimate of drug-likeness (QED) is 0.887. The van der Waals surface area contributed by atoms with Gasteiger partial charge in [-0.15, -0.1) is 0 Å². The summed E-state index contributed by atoms with van der Waals surface area (Å²) in [6.07, 6.45) is 1.98. The van der Waals surface area contributed by atoms with Crippen LogP contribution in [0.3, 0.4) is 0 Å². The summed E-state index contributed by atoms with van der Waals surface area (Å²) in [4.78, 5) is 0. The number of hydrogen-bond donors (Lipinski definition) is 1. The first-order chi connectivity index (χ1) is 9.13. The van der Waals surface area contributed by atoms with Gasteiger partial charge in [-0.25, -0.2) is 8.42 Å². The number of benzene rings is 1. The van der Waals surface area contributed by atoms with E-state index in [9.17, 15) is 8.42 Å². The Morgan fingerprint density at radius 3 is 2.63 bits per heavy atom. The topological polar surface area (TPSA) is 55.4 Å². The largest absolute Gasteiger partial charge is 0.496 e. The lowest BCUT2D eigenvalue weighted by Gasteiger charge is -2.22. The second kappa shape index (κ2) is 6.39. The lowest BCUT2D eigenvalue weighted by atomic mass is 10.1. The average molecular weight is 283 g/mol. The van der Waals surface area contributed by atoms with E-state index in [1.807, 2.05) is 24.3 Å². The van der Waals surface area contributed by atoms with Crippen LogP contribution < -0.4 is 10.1 Å². The molecule has 0 amide bonds. The third kappa shape index (κ3) is 3.70. The van der Waals surface area contributed by atoms with Crippen LogP contribution in [0.5, 0.6) is 5.75 Å². The Morgan fingerprint density at radius 1 is 1.26 bits per heavy atom. The molecule has 106 valence electrons. The Hall–Kier alpha value is -1.07. The molecule has 0 spiro atoms. The molecule has 1 heterocycles. The van der Waals surface area contributed by atoms with Crippen LogP contribution >= 0.6 is 0 Å². The van der Waals surface area contributed by atoms with Crippen LogP contribution in [0, 0.1) is 0 Å². The zero-order chi connectivity index (χ0) is 13.7. The molecule has 0 unspecified atom stereocenters. The molecule has 1 aliphatic heterocycles. The van der Waals surface area contributed by atoms with Gasteiger partial charge in [-0.2, -0.15) is 0 Å². The van der Waals surface area contributed by atoms with Crippen molar-refractivity contribution in [2.24, 2.45) is 0 Å². The Balaban J connectivity index is 2.00. The number of para-hydroxylation sites is 1. The normalized spacial score (nSPS) is 17.3. The number of piperidine rings is 1. The molecule has 1 saturated heterocycles. The average Bonchev–Trinajstić information content (AvgIpc) is 2.46. The van der Waals surface area contributed by atoms with Gasteiger partial charge in [-0.1, -0.05) is 18.2 Å². The number of ether oxygens (including phenoxy) is 1. The number of nitrogens with one attached hydrogen (secondary N) is 1. The zero-order valence-electron chi connectivity index (χ0n) is 11.3. The van der Waals surface area contributed by atoms with Crippen LogP contribution in [-0.2, 0) is 16.3 Å². The van der Waals surface area contributed by atoms with Gasteiger partial charge in [-0.05, 0) is 44.0 Å². The first-order valence-corrected chi connectivity index (χ1v) is 8.39. The van der Waals surface area contributed by atoms with E-state index in [0.29, 0.717) is 6.42 Å². The summed E-state index contributed by atoms with van der Waals surface area (Å²) >= 11 is 0. The van der Waals surface area contributed by atoms with Gasteiger partial charge >= 0.3 is 0 Å². The molecule has 4 nitrogen and oxygen atoms in total. The molecule has 0 aromatic heterocycles. The van der Waals surface area contributed by atoms with Crippen LogP contribution in [0.1, 0.15) is 18.4 Å².